The molecule has 0 unspecified atom stereocenters. The molecule has 2 rings (SSSR count). The average molecular weight is 274 g/mol. The molecule has 0 radical (unpaired) electrons. The van der Waals surface area contributed by atoms with Crippen molar-refractivity contribution in [1.82, 2.24) is 9.55 Å². The monoisotopic (exact) mass is 274 g/mol. The van der Waals surface area contributed by atoms with E-state index in [9.17, 15) is 13.2 Å². The van der Waals surface area contributed by atoms with Gasteiger partial charge in [0, 0.05) is 16.8 Å². The van der Waals surface area contributed by atoms with Gasteiger partial charge in [0.2, 0.25) is 0 Å². The van der Waals surface area contributed by atoms with Gasteiger partial charge in [0.05, 0.1) is 18.6 Å². The van der Waals surface area contributed by atoms with Crippen LogP contribution in [0.3, 0.4) is 0 Å². The third-order valence-electron chi connectivity index (χ3n) is 2.15. The van der Waals surface area contributed by atoms with E-state index in [2.05, 4.69) is 4.98 Å². The predicted molar refractivity (Wildman–Crippen MR) is 61.4 cm³/mol. The van der Waals surface area contributed by atoms with Gasteiger partial charge in [0.1, 0.15) is 0 Å². The Hall–Kier alpha value is -1.47. The standard InChI is InChI=1S/C11H9F3N2OS/c12-11(13,14)18-10-3-1-2-9(4-10)16-5-8(6-17)15-7-16/h1-5,7,17H,6H2. The van der Waals surface area contributed by atoms with Gasteiger partial charge < -0.3 is 9.67 Å². The summed E-state index contributed by atoms with van der Waals surface area (Å²) in [6, 6.07) is 6.03. The first-order valence-corrected chi connectivity index (χ1v) is 5.79. The second-order valence-corrected chi connectivity index (χ2v) is 4.61. The number of rotatable bonds is 3. The summed E-state index contributed by atoms with van der Waals surface area (Å²) in [5, 5.41) is 8.88. The zero-order valence-corrected chi connectivity index (χ0v) is 9.87. The molecule has 0 aliphatic rings. The number of hydrogen-bond acceptors (Lipinski definition) is 3. The molecule has 2 aromatic rings. The molecule has 0 bridgehead atoms. The normalized spacial score (nSPS) is 11.8. The zero-order chi connectivity index (χ0) is 13.2. The minimum absolute atomic E-state index is 0.110. The van der Waals surface area contributed by atoms with Crippen LogP contribution in [0.5, 0.6) is 0 Å². The van der Waals surface area contributed by atoms with Crippen LogP contribution in [0.25, 0.3) is 5.69 Å². The molecule has 0 saturated heterocycles. The Balaban J connectivity index is 2.26. The van der Waals surface area contributed by atoms with Gasteiger partial charge in [0.25, 0.3) is 0 Å². The lowest BCUT2D eigenvalue weighted by molar-refractivity contribution is -0.0328. The quantitative estimate of drug-likeness (QED) is 0.874. The van der Waals surface area contributed by atoms with Gasteiger partial charge in [-0.25, -0.2) is 4.98 Å². The first kappa shape index (κ1) is 13.0. The van der Waals surface area contributed by atoms with Crippen molar-refractivity contribution < 1.29 is 18.3 Å². The topological polar surface area (TPSA) is 38.0 Å². The van der Waals surface area contributed by atoms with Crippen LogP contribution in [0.4, 0.5) is 13.2 Å². The summed E-state index contributed by atoms with van der Waals surface area (Å²) in [4.78, 5) is 4.01. The molecule has 0 spiro atoms. The number of hydrogen-bond donors (Lipinski definition) is 1. The molecule has 3 nitrogen and oxygen atoms in total. The SMILES string of the molecule is OCc1cn(-c2cccc(SC(F)(F)F)c2)cn1. The second kappa shape index (κ2) is 5.03. The van der Waals surface area contributed by atoms with E-state index in [1.54, 1.807) is 22.9 Å². The van der Waals surface area contributed by atoms with Crippen LogP contribution in [0.2, 0.25) is 0 Å². The van der Waals surface area contributed by atoms with Crippen molar-refractivity contribution in [3.63, 3.8) is 0 Å². The van der Waals surface area contributed by atoms with E-state index in [0.29, 0.717) is 11.4 Å². The van der Waals surface area contributed by atoms with Crippen molar-refractivity contribution in [2.24, 2.45) is 0 Å². The molecule has 0 aliphatic heterocycles. The smallest absolute Gasteiger partial charge is 0.390 e. The van der Waals surface area contributed by atoms with Crippen LogP contribution in [-0.4, -0.2) is 20.2 Å². The van der Waals surface area contributed by atoms with Crippen LogP contribution in [0.15, 0.2) is 41.7 Å². The second-order valence-electron chi connectivity index (χ2n) is 3.48. The van der Waals surface area contributed by atoms with E-state index in [1.165, 1.54) is 18.5 Å². The molecule has 1 aromatic heterocycles. The molecule has 1 heterocycles. The number of thioether (sulfide) groups is 1. The van der Waals surface area contributed by atoms with Crippen LogP contribution in [-0.2, 0) is 6.61 Å². The summed E-state index contributed by atoms with van der Waals surface area (Å²) < 4.78 is 38.3. The Morgan fingerprint density at radius 1 is 1.33 bits per heavy atom. The maximum absolute atomic E-state index is 12.2. The summed E-state index contributed by atoms with van der Waals surface area (Å²) >= 11 is -0.161. The fraction of sp³-hybridized carbons (Fsp3) is 0.182. The summed E-state index contributed by atoms with van der Waals surface area (Å²) in [7, 11) is 0. The maximum Gasteiger partial charge on any atom is 0.446 e. The lowest BCUT2D eigenvalue weighted by atomic mass is 10.3. The molecule has 7 heteroatoms. The van der Waals surface area contributed by atoms with Crippen molar-refractivity contribution in [3.05, 3.63) is 42.5 Å². The number of benzene rings is 1. The fourth-order valence-corrected chi connectivity index (χ4v) is 2.02. The highest BCUT2D eigenvalue weighted by atomic mass is 32.2. The number of halogens is 3. The van der Waals surface area contributed by atoms with Crippen molar-refractivity contribution in [2.75, 3.05) is 0 Å². The van der Waals surface area contributed by atoms with Crippen LogP contribution in [0, 0.1) is 0 Å². The van der Waals surface area contributed by atoms with Crippen molar-refractivity contribution in [1.29, 1.82) is 0 Å². The Morgan fingerprint density at radius 2 is 2.11 bits per heavy atom. The third-order valence-corrected chi connectivity index (χ3v) is 2.87. The number of aliphatic hydroxyl groups is 1. The van der Waals surface area contributed by atoms with Gasteiger partial charge in [0.15, 0.2) is 0 Å². The van der Waals surface area contributed by atoms with Gasteiger partial charge in [-0.1, -0.05) is 6.07 Å². The molecule has 0 atom stereocenters. The van der Waals surface area contributed by atoms with Gasteiger partial charge in [-0.05, 0) is 30.0 Å². The minimum atomic E-state index is -4.30. The molecule has 18 heavy (non-hydrogen) atoms. The highest BCUT2D eigenvalue weighted by Crippen LogP contribution is 2.37. The lowest BCUT2D eigenvalue weighted by Gasteiger charge is -2.07. The summed E-state index contributed by atoms with van der Waals surface area (Å²) in [6.07, 6.45) is 3.01. The minimum Gasteiger partial charge on any atom is -0.390 e. The molecule has 0 fully saturated rings. The molecule has 0 aliphatic carbocycles. The molecule has 1 N–H and O–H groups in total. The van der Waals surface area contributed by atoms with Gasteiger partial charge >= 0.3 is 5.51 Å². The molecule has 0 saturated carbocycles. The average Bonchev–Trinajstić information content (AvgIpc) is 2.75. The van der Waals surface area contributed by atoms with Crippen molar-refractivity contribution >= 4 is 11.8 Å². The molecule has 1 aromatic carbocycles. The summed E-state index contributed by atoms with van der Waals surface area (Å²) in [5.74, 6) is 0. The molecular weight excluding hydrogens is 265 g/mol. The van der Waals surface area contributed by atoms with Crippen LogP contribution < -0.4 is 0 Å². The Bertz CT molecular complexity index is 539. The zero-order valence-electron chi connectivity index (χ0n) is 9.05. The molecular formula is C11H9F3N2OS. The number of imidazole rings is 1. The Kier molecular flexibility index (Phi) is 3.63. The van der Waals surface area contributed by atoms with E-state index < -0.39 is 5.51 Å². The number of aromatic nitrogens is 2. The Morgan fingerprint density at radius 3 is 2.72 bits per heavy atom. The third kappa shape index (κ3) is 3.27. The van der Waals surface area contributed by atoms with Crippen molar-refractivity contribution in [2.45, 2.75) is 17.0 Å². The summed E-state index contributed by atoms with van der Waals surface area (Å²) in [5.41, 5.74) is -3.27. The van der Waals surface area contributed by atoms with Gasteiger partial charge in [-0.15, -0.1) is 0 Å². The molecule has 96 valence electrons. The highest BCUT2D eigenvalue weighted by Gasteiger charge is 2.29. The number of alkyl halides is 3. The number of aliphatic hydroxyl groups excluding tert-OH is 1. The largest absolute Gasteiger partial charge is 0.446 e. The van der Waals surface area contributed by atoms with Crippen molar-refractivity contribution in [3.8, 4) is 5.69 Å². The van der Waals surface area contributed by atoms with E-state index in [4.69, 9.17) is 5.11 Å². The molecule has 0 amide bonds. The maximum atomic E-state index is 12.2. The van der Waals surface area contributed by atoms with E-state index >= 15 is 0 Å². The first-order valence-electron chi connectivity index (χ1n) is 4.98. The van der Waals surface area contributed by atoms with Crippen LogP contribution >= 0.6 is 11.8 Å². The van der Waals surface area contributed by atoms with E-state index in [0.717, 1.165) is 0 Å². The van der Waals surface area contributed by atoms with Gasteiger partial charge in [-0.3, -0.25) is 0 Å². The highest BCUT2D eigenvalue weighted by molar-refractivity contribution is 8.00. The Labute approximate surface area is 105 Å². The fourth-order valence-electron chi connectivity index (χ4n) is 1.43. The lowest BCUT2D eigenvalue weighted by Crippen LogP contribution is -1.99. The van der Waals surface area contributed by atoms with E-state index in [-0.39, 0.29) is 23.3 Å². The predicted octanol–water partition coefficient (Wildman–Crippen LogP) is 2.98. The number of nitrogens with zero attached hydrogens (tertiary/aromatic N) is 2. The summed E-state index contributed by atoms with van der Waals surface area (Å²) in [6.45, 7) is -0.204. The van der Waals surface area contributed by atoms with Crippen LogP contribution in [0.1, 0.15) is 5.69 Å². The van der Waals surface area contributed by atoms with Gasteiger partial charge in [-0.2, -0.15) is 13.2 Å². The van der Waals surface area contributed by atoms with E-state index in [1.807, 2.05) is 0 Å². The first-order chi connectivity index (χ1) is 8.48.